The Kier molecular flexibility index (Phi) is 7.90. The van der Waals surface area contributed by atoms with E-state index in [1.807, 2.05) is 50.3 Å². The van der Waals surface area contributed by atoms with E-state index in [0.717, 1.165) is 27.1 Å². The fraction of sp³-hybridized carbons (Fsp3) is 0.308. The van der Waals surface area contributed by atoms with Crippen molar-refractivity contribution in [3.05, 3.63) is 60.4 Å². The number of thiazole rings is 1. The van der Waals surface area contributed by atoms with Crippen molar-refractivity contribution in [2.45, 2.75) is 32.0 Å². The summed E-state index contributed by atoms with van der Waals surface area (Å²) in [7, 11) is 0. The van der Waals surface area contributed by atoms with Gasteiger partial charge in [0.05, 0.1) is 28.2 Å². The Morgan fingerprint density at radius 1 is 1.42 bits per heavy atom. The molecule has 4 N–H and O–H groups in total. The minimum Gasteiger partial charge on any atom is -0.387 e. The highest BCUT2D eigenvalue weighted by Gasteiger charge is 2.41. The summed E-state index contributed by atoms with van der Waals surface area (Å²) in [6.45, 7) is 8.49. The number of anilines is 1. The quantitative estimate of drug-likeness (QED) is 0.358. The lowest BCUT2D eigenvalue weighted by Crippen LogP contribution is -2.50. The van der Waals surface area contributed by atoms with Gasteiger partial charge in [-0.3, -0.25) is 15.3 Å². The highest BCUT2D eigenvalue weighted by atomic mass is 32.1. The highest BCUT2D eigenvalue weighted by Crippen LogP contribution is 2.37. The second-order valence-electron chi connectivity index (χ2n) is 8.30. The number of pyridine rings is 1. The van der Waals surface area contributed by atoms with Crippen molar-refractivity contribution in [3.8, 4) is 11.3 Å². The molecule has 2 aromatic heterocycles. The van der Waals surface area contributed by atoms with Crippen molar-refractivity contribution in [3.63, 3.8) is 0 Å². The van der Waals surface area contributed by atoms with Gasteiger partial charge in [0.2, 0.25) is 0 Å². The van der Waals surface area contributed by atoms with Gasteiger partial charge in [-0.15, -0.1) is 0 Å². The van der Waals surface area contributed by atoms with Gasteiger partial charge in [-0.25, -0.2) is 9.78 Å². The molecule has 0 saturated carbocycles. The van der Waals surface area contributed by atoms with Crippen LogP contribution in [0.2, 0.25) is 0 Å². The summed E-state index contributed by atoms with van der Waals surface area (Å²) in [4.78, 5) is 25.6. The molecular weight excluding hydrogens is 478 g/mol. The number of carbonyl (C=O) groups is 1. The summed E-state index contributed by atoms with van der Waals surface area (Å²) in [6, 6.07) is 9.29. The zero-order chi connectivity index (χ0) is 25.7. The largest absolute Gasteiger partial charge is 0.387 e. The van der Waals surface area contributed by atoms with Crippen LogP contribution in [0, 0.1) is 0 Å². The number of aliphatic hydroxyl groups excluding tert-OH is 1. The molecule has 4 rings (SSSR count). The number of rotatable bonds is 7. The van der Waals surface area contributed by atoms with Gasteiger partial charge in [0.15, 0.2) is 5.13 Å². The number of aromatic nitrogens is 2. The van der Waals surface area contributed by atoms with E-state index in [-0.39, 0.29) is 24.8 Å². The smallest absolute Gasteiger partial charge is 0.321 e. The number of nitrogens with one attached hydrogen (secondary N) is 2. The van der Waals surface area contributed by atoms with E-state index >= 15 is 0 Å². The summed E-state index contributed by atoms with van der Waals surface area (Å²) in [5.74, 6) is 0. The van der Waals surface area contributed by atoms with Crippen LogP contribution in [0.1, 0.15) is 25.8 Å². The number of carbonyl (C=O) groups excluding carboxylic acids is 1. The van der Waals surface area contributed by atoms with E-state index < -0.39 is 11.7 Å². The molecule has 36 heavy (non-hydrogen) atoms. The number of urea groups is 1. The number of hydrogen-bond acceptors (Lipinski definition) is 8. The van der Waals surface area contributed by atoms with Crippen molar-refractivity contribution in [1.29, 1.82) is 0 Å². The molecule has 0 radical (unpaired) electrons. The molecular formula is C26H29N5O4S. The number of fused-ring (bicyclic) bond motifs is 1. The maximum absolute atomic E-state index is 12.0. The SMILES string of the molecule is C=C(N=C/C(=C\C)c1cc(-c2ccccn2)c2sc(NC(=O)NCC)nc2c1)C1(O)CCOCC1O. The molecule has 2 unspecified atom stereocenters. The van der Waals surface area contributed by atoms with E-state index in [4.69, 9.17) is 4.74 Å². The molecule has 188 valence electrons. The van der Waals surface area contributed by atoms with Gasteiger partial charge in [0.25, 0.3) is 0 Å². The zero-order valence-corrected chi connectivity index (χ0v) is 21.0. The van der Waals surface area contributed by atoms with E-state index in [1.54, 1.807) is 12.4 Å². The topological polar surface area (TPSA) is 129 Å². The number of aliphatic hydroxyl groups is 2. The van der Waals surface area contributed by atoms with Crippen LogP contribution in [0.15, 0.2) is 59.9 Å². The van der Waals surface area contributed by atoms with Crippen LogP contribution in [0.4, 0.5) is 9.93 Å². The van der Waals surface area contributed by atoms with Gasteiger partial charge in [-0.2, -0.15) is 0 Å². The molecule has 1 saturated heterocycles. The summed E-state index contributed by atoms with van der Waals surface area (Å²) in [5, 5.41) is 27.1. The van der Waals surface area contributed by atoms with E-state index in [0.29, 0.717) is 23.8 Å². The number of hydrogen-bond donors (Lipinski definition) is 4. The summed E-state index contributed by atoms with van der Waals surface area (Å²) >= 11 is 1.37. The first kappa shape index (κ1) is 25.6. The number of allylic oxidation sites excluding steroid dienone is 2. The third-order valence-electron chi connectivity index (χ3n) is 5.95. The second kappa shape index (κ2) is 11.1. The van der Waals surface area contributed by atoms with Gasteiger partial charge in [0, 0.05) is 37.5 Å². The Labute approximate surface area is 213 Å². The Balaban J connectivity index is 1.72. The molecule has 1 fully saturated rings. The predicted octanol–water partition coefficient (Wildman–Crippen LogP) is 4.00. The lowest BCUT2D eigenvalue weighted by Gasteiger charge is -2.36. The normalized spacial score (nSPS) is 20.6. The van der Waals surface area contributed by atoms with Crippen LogP contribution >= 0.6 is 11.3 Å². The average Bonchev–Trinajstić information content (AvgIpc) is 3.28. The van der Waals surface area contributed by atoms with Crippen molar-refractivity contribution in [2.75, 3.05) is 25.1 Å². The molecule has 9 nitrogen and oxygen atoms in total. The third kappa shape index (κ3) is 5.36. The van der Waals surface area contributed by atoms with Gasteiger partial charge >= 0.3 is 6.03 Å². The second-order valence-corrected chi connectivity index (χ2v) is 9.30. The molecule has 1 aliphatic rings. The first-order valence-corrected chi connectivity index (χ1v) is 12.5. The Morgan fingerprint density at radius 2 is 2.25 bits per heavy atom. The molecule has 0 spiro atoms. The van der Waals surface area contributed by atoms with Gasteiger partial charge in [-0.05, 0) is 49.2 Å². The molecule has 10 heteroatoms. The van der Waals surface area contributed by atoms with E-state index in [1.165, 1.54) is 11.3 Å². The van der Waals surface area contributed by atoms with Crippen LogP contribution in [-0.2, 0) is 4.74 Å². The molecule has 3 aromatic rings. The van der Waals surface area contributed by atoms with Gasteiger partial charge in [-0.1, -0.05) is 30.1 Å². The molecule has 2 amide bonds. The molecule has 3 heterocycles. The lowest BCUT2D eigenvalue weighted by molar-refractivity contribution is -0.132. The zero-order valence-electron chi connectivity index (χ0n) is 20.2. The summed E-state index contributed by atoms with van der Waals surface area (Å²) < 4.78 is 6.11. The molecule has 1 aromatic carbocycles. The predicted molar refractivity (Wildman–Crippen MR) is 143 cm³/mol. The van der Waals surface area contributed by atoms with Gasteiger partial charge < -0.3 is 20.3 Å². The first-order valence-electron chi connectivity index (χ1n) is 11.6. The summed E-state index contributed by atoms with van der Waals surface area (Å²) in [6.07, 6.45) is 4.36. The average molecular weight is 508 g/mol. The van der Waals surface area contributed by atoms with Crippen LogP contribution in [0.25, 0.3) is 27.0 Å². The van der Waals surface area contributed by atoms with Crippen molar-refractivity contribution in [1.82, 2.24) is 15.3 Å². The van der Waals surface area contributed by atoms with Crippen molar-refractivity contribution < 1.29 is 19.7 Å². The Bertz CT molecular complexity index is 1320. The monoisotopic (exact) mass is 507 g/mol. The number of aliphatic imine (C=N–C) groups is 1. The maximum Gasteiger partial charge on any atom is 0.321 e. The van der Waals surface area contributed by atoms with Gasteiger partial charge in [0.1, 0.15) is 11.7 Å². The molecule has 2 atom stereocenters. The molecule has 1 aliphatic heterocycles. The number of nitrogens with zero attached hydrogens (tertiary/aromatic N) is 3. The highest BCUT2D eigenvalue weighted by molar-refractivity contribution is 7.22. The minimum absolute atomic E-state index is 0.0299. The fourth-order valence-electron chi connectivity index (χ4n) is 3.91. The number of ether oxygens (including phenoxy) is 1. The van der Waals surface area contributed by atoms with Crippen LogP contribution in [0.5, 0.6) is 0 Å². The lowest BCUT2D eigenvalue weighted by atomic mass is 9.89. The van der Waals surface area contributed by atoms with Crippen molar-refractivity contribution in [2.24, 2.45) is 4.99 Å². The first-order chi connectivity index (χ1) is 17.4. The number of benzene rings is 1. The van der Waals surface area contributed by atoms with E-state index in [9.17, 15) is 15.0 Å². The summed E-state index contributed by atoms with van der Waals surface area (Å²) in [5.41, 5.74) is 2.58. The van der Waals surface area contributed by atoms with Crippen molar-refractivity contribution >= 4 is 44.5 Å². The standard InChI is InChI=1S/C26H29N5O4S/c1-4-17(14-29-16(3)26(34)9-11-35-15-22(26)32)18-12-19(20-8-6-7-10-28-20)23-21(13-18)30-25(36-23)31-24(33)27-5-2/h4,6-8,10,12-14,22,32,34H,3,5,9,11,15H2,1-2H3,(H2,27,30,31,33)/b17-4+,29-14?. The third-order valence-corrected chi connectivity index (χ3v) is 6.97. The fourth-order valence-corrected chi connectivity index (χ4v) is 4.87. The van der Waals surface area contributed by atoms with Crippen LogP contribution in [-0.4, -0.2) is 63.9 Å². The minimum atomic E-state index is -1.54. The maximum atomic E-state index is 12.0. The van der Waals surface area contributed by atoms with Crippen LogP contribution < -0.4 is 10.6 Å². The molecule has 0 aliphatic carbocycles. The van der Waals surface area contributed by atoms with E-state index in [2.05, 4.69) is 32.2 Å². The molecule has 0 bridgehead atoms. The Morgan fingerprint density at radius 3 is 2.94 bits per heavy atom. The number of amides is 2. The Hall–Kier alpha value is -3.44. The van der Waals surface area contributed by atoms with Crippen LogP contribution in [0.3, 0.4) is 0 Å².